The van der Waals surface area contributed by atoms with Crippen molar-refractivity contribution >= 4 is 17.7 Å². The number of ether oxygens (including phenoxy) is 1. The molecule has 0 aliphatic heterocycles. The molecule has 1 aromatic heterocycles. The van der Waals surface area contributed by atoms with E-state index in [1.807, 2.05) is 0 Å². The molecule has 1 aliphatic rings. The fourth-order valence-electron chi connectivity index (χ4n) is 2.30. The summed E-state index contributed by atoms with van der Waals surface area (Å²) >= 11 is 1.53. The quantitative estimate of drug-likeness (QED) is 0.933. The molecule has 0 spiro atoms. The maximum Gasteiger partial charge on any atom is 0.321 e. The molecule has 1 aromatic carbocycles. The van der Waals surface area contributed by atoms with Crippen molar-refractivity contribution in [1.82, 2.24) is 15.0 Å². The molecule has 0 amide bonds. The molecule has 1 N–H and O–H groups in total. The van der Waals surface area contributed by atoms with Gasteiger partial charge in [0.1, 0.15) is 0 Å². The zero-order chi connectivity index (χ0) is 13.9. The van der Waals surface area contributed by atoms with Crippen LogP contribution in [0.5, 0.6) is 6.01 Å². The van der Waals surface area contributed by atoms with Crippen molar-refractivity contribution in [2.24, 2.45) is 0 Å². The number of aromatic nitrogens is 3. The molecule has 0 fully saturated rings. The number of nitrogens with one attached hydrogen (secondary N) is 1. The molecule has 2 aromatic rings. The molecule has 0 radical (unpaired) electrons. The van der Waals surface area contributed by atoms with Gasteiger partial charge in [-0.15, -0.1) is 0 Å². The Balaban J connectivity index is 1.87. The molecule has 0 unspecified atom stereocenters. The average molecular weight is 288 g/mol. The highest BCUT2D eigenvalue weighted by atomic mass is 32.2. The van der Waals surface area contributed by atoms with Crippen LogP contribution in [0.25, 0.3) is 0 Å². The summed E-state index contributed by atoms with van der Waals surface area (Å²) in [5.74, 6) is 0.514. The van der Waals surface area contributed by atoms with Gasteiger partial charge in [0.25, 0.3) is 0 Å². The normalized spacial score (nSPS) is 13.1. The van der Waals surface area contributed by atoms with Gasteiger partial charge in [0.2, 0.25) is 11.1 Å². The Hall–Kier alpha value is -1.82. The van der Waals surface area contributed by atoms with Crippen LogP contribution in [0.15, 0.2) is 28.3 Å². The SMILES string of the molecule is CNc1nc(OC)nc(Sc2ccc3c(c2)CCC3)n1. The first kappa shape index (κ1) is 13.2. The summed E-state index contributed by atoms with van der Waals surface area (Å²) in [6.07, 6.45) is 3.63. The van der Waals surface area contributed by atoms with Gasteiger partial charge < -0.3 is 10.1 Å². The minimum absolute atomic E-state index is 0.327. The zero-order valence-corrected chi connectivity index (χ0v) is 12.3. The minimum atomic E-state index is 0.327. The van der Waals surface area contributed by atoms with Crippen molar-refractivity contribution in [3.8, 4) is 6.01 Å². The van der Waals surface area contributed by atoms with Crippen molar-refractivity contribution in [2.45, 2.75) is 29.3 Å². The summed E-state index contributed by atoms with van der Waals surface area (Å²) in [7, 11) is 3.33. The molecule has 5 nitrogen and oxygen atoms in total. The Morgan fingerprint density at radius 3 is 2.80 bits per heavy atom. The Kier molecular flexibility index (Phi) is 3.73. The molecule has 0 saturated carbocycles. The fraction of sp³-hybridized carbons (Fsp3) is 0.357. The van der Waals surface area contributed by atoms with E-state index < -0.39 is 0 Å². The standard InChI is InChI=1S/C14H16N4OS/c1-15-12-16-13(19-2)18-14(17-12)20-11-7-6-9-4-3-5-10(9)8-11/h6-8H,3-5H2,1-2H3,(H,15,16,17,18). The highest BCUT2D eigenvalue weighted by Crippen LogP contribution is 2.31. The number of hydrogen-bond donors (Lipinski definition) is 1. The molecule has 0 saturated heterocycles. The number of rotatable bonds is 4. The van der Waals surface area contributed by atoms with Crippen LogP contribution < -0.4 is 10.1 Å². The second kappa shape index (κ2) is 5.66. The second-order valence-corrected chi connectivity index (χ2v) is 5.61. The third kappa shape index (κ3) is 2.70. The number of anilines is 1. The maximum atomic E-state index is 5.09. The summed E-state index contributed by atoms with van der Waals surface area (Å²) in [5.41, 5.74) is 2.92. The van der Waals surface area contributed by atoms with Crippen LogP contribution in [-0.2, 0) is 12.8 Å². The van der Waals surface area contributed by atoms with Gasteiger partial charge in [-0.1, -0.05) is 6.07 Å². The largest absolute Gasteiger partial charge is 0.467 e. The van der Waals surface area contributed by atoms with E-state index in [1.165, 1.54) is 42.2 Å². The lowest BCUT2D eigenvalue weighted by Gasteiger charge is -2.06. The smallest absolute Gasteiger partial charge is 0.321 e. The Morgan fingerprint density at radius 2 is 2.00 bits per heavy atom. The van der Waals surface area contributed by atoms with Crippen LogP contribution in [0, 0.1) is 0 Å². The van der Waals surface area contributed by atoms with Gasteiger partial charge in [0.15, 0.2) is 0 Å². The lowest BCUT2D eigenvalue weighted by Crippen LogP contribution is -2.02. The molecular formula is C14H16N4OS. The van der Waals surface area contributed by atoms with Crippen molar-refractivity contribution in [3.63, 3.8) is 0 Å². The first-order valence-electron chi connectivity index (χ1n) is 6.56. The zero-order valence-electron chi connectivity index (χ0n) is 11.5. The summed E-state index contributed by atoms with van der Waals surface area (Å²) in [4.78, 5) is 13.9. The third-order valence-electron chi connectivity index (χ3n) is 3.28. The monoisotopic (exact) mass is 288 g/mol. The topological polar surface area (TPSA) is 59.9 Å². The van der Waals surface area contributed by atoms with Gasteiger partial charge in [0, 0.05) is 11.9 Å². The molecular weight excluding hydrogens is 272 g/mol. The average Bonchev–Trinajstić information content (AvgIpc) is 2.94. The van der Waals surface area contributed by atoms with Crippen LogP contribution in [-0.4, -0.2) is 29.1 Å². The van der Waals surface area contributed by atoms with Crippen LogP contribution in [0.1, 0.15) is 17.5 Å². The van der Waals surface area contributed by atoms with E-state index >= 15 is 0 Å². The first-order chi connectivity index (χ1) is 9.78. The van der Waals surface area contributed by atoms with Gasteiger partial charge >= 0.3 is 6.01 Å². The molecule has 1 heterocycles. The molecule has 3 rings (SSSR count). The van der Waals surface area contributed by atoms with Crippen molar-refractivity contribution < 1.29 is 4.74 Å². The summed E-state index contributed by atoms with van der Waals surface area (Å²) < 4.78 is 5.09. The number of aryl methyl sites for hydroxylation is 2. The number of fused-ring (bicyclic) bond motifs is 1. The van der Waals surface area contributed by atoms with Crippen LogP contribution in [0.2, 0.25) is 0 Å². The molecule has 0 bridgehead atoms. The van der Waals surface area contributed by atoms with E-state index in [2.05, 4.69) is 38.5 Å². The van der Waals surface area contributed by atoms with E-state index in [9.17, 15) is 0 Å². The van der Waals surface area contributed by atoms with E-state index in [4.69, 9.17) is 4.74 Å². The molecule has 6 heteroatoms. The van der Waals surface area contributed by atoms with Crippen LogP contribution in [0.4, 0.5) is 5.95 Å². The summed E-state index contributed by atoms with van der Waals surface area (Å²) in [6, 6.07) is 6.90. The predicted octanol–water partition coefficient (Wildman–Crippen LogP) is 2.56. The Labute approximate surface area is 122 Å². The van der Waals surface area contributed by atoms with Gasteiger partial charge in [-0.2, -0.15) is 15.0 Å². The summed E-state index contributed by atoms with van der Waals surface area (Å²) in [5, 5.41) is 3.55. The van der Waals surface area contributed by atoms with E-state index in [1.54, 1.807) is 14.2 Å². The van der Waals surface area contributed by atoms with E-state index in [0.717, 1.165) is 4.90 Å². The van der Waals surface area contributed by atoms with Gasteiger partial charge in [-0.05, 0) is 54.3 Å². The molecule has 104 valence electrons. The van der Waals surface area contributed by atoms with E-state index in [0.29, 0.717) is 17.1 Å². The van der Waals surface area contributed by atoms with E-state index in [-0.39, 0.29) is 0 Å². The number of methoxy groups -OCH3 is 1. The van der Waals surface area contributed by atoms with Gasteiger partial charge in [-0.25, -0.2) is 0 Å². The number of hydrogen-bond acceptors (Lipinski definition) is 6. The third-order valence-corrected chi connectivity index (χ3v) is 4.13. The molecule has 0 atom stereocenters. The van der Waals surface area contributed by atoms with Gasteiger partial charge in [0.05, 0.1) is 7.11 Å². The Morgan fingerprint density at radius 1 is 1.15 bits per heavy atom. The van der Waals surface area contributed by atoms with Gasteiger partial charge in [-0.3, -0.25) is 0 Å². The molecule has 1 aliphatic carbocycles. The number of nitrogens with zero attached hydrogens (tertiary/aromatic N) is 3. The fourth-order valence-corrected chi connectivity index (χ4v) is 3.11. The highest BCUT2D eigenvalue weighted by molar-refractivity contribution is 7.99. The van der Waals surface area contributed by atoms with Crippen molar-refractivity contribution in [2.75, 3.05) is 19.5 Å². The van der Waals surface area contributed by atoms with Crippen LogP contribution in [0.3, 0.4) is 0 Å². The van der Waals surface area contributed by atoms with Crippen molar-refractivity contribution in [3.05, 3.63) is 29.3 Å². The lowest BCUT2D eigenvalue weighted by atomic mass is 10.1. The predicted molar refractivity (Wildman–Crippen MR) is 78.5 cm³/mol. The Bertz CT molecular complexity index is 610. The van der Waals surface area contributed by atoms with Crippen LogP contribution >= 0.6 is 11.8 Å². The highest BCUT2D eigenvalue weighted by Gasteiger charge is 2.13. The second-order valence-electron chi connectivity index (χ2n) is 4.56. The number of benzene rings is 1. The minimum Gasteiger partial charge on any atom is -0.467 e. The maximum absolute atomic E-state index is 5.09. The summed E-state index contributed by atoms with van der Waals surface area (Å²) in [6.45, 7) is 0. The lowest BCUT2D eigenvalue weighted by molar-refractivity contribution is 0.374. The molecule has 20 heavy (non-hydrogen) atoms. The van der Waals surface area contributed by atoms with Crippen molar-refractivity contribution in [1.29, 1.82) is 0 Å². The first-order valence-corrected chi connectivity index (χ1v) is 7.37.